The van der Waals surface area contributed by atoms with Gasteiger partial charge in [0.2, 0.25) is 0 Å². The third-order valence-electron chi connectivity index (χ3n) is 3.10. The van der Waals surface area contributed by atoms with E-state index in [-0.39, 0.29) is 12.8 Å². The molecule has 4 nitrogen and oxygen atoms in total. The van der Waals surface area contributed by atoms with Crippen molar-refractivity contribution in [1.82, 2.24) is 0 Å². The van der Waals surface area contributed by atoms with Gasteiger partial charge in [0.1, 0.15) is 5.75 Å². The van der Waals surface area contributed by atoms with Gasteiger partial charge < -0.3 is 14.9 Å². The van der Waals surface area contributed by atoms with Crippen molar-refractivity contribution in [3.63, 3.8) is 0 Å². The lowest BCUT2D eigenvalue weighted by molar-refractivity contribution is -0.159. The van der Waals surface area contributed by atoms with Gasteiger partial charge in [0.15, 0.2) is 5.60 Å². The summed E-state index contributed by atoms with van der Waals surface area (Å²) in [5.74, 6) is -0.381. The number of methoxy groups -OCH3 is 1. The fourth-order valence-electron chi connectivity index (χ4n) is 2.06. The van der Waals surface area contributed by atoms with Crippen molar-refractivity contribution >= 4 is 5.97 Å². The maximum atomic E-state index is 10.9. The Morgan fingerprint density at radius 2 is 2.19 bits per heavy atom. The molecule has 0 radical (unpaired) electrons. The molecule has 0 aliphatic heterocycles. The highest BCUT2D eigenvalue weighted by Gasteiger charge is 2.39. The van der Waals surface area contributed by atoms with Crippen molar-refractivity contribution in [2.45, 2.75) is 24.9 Å². The first-order valence-electron chi connectivity index (χ1n) is 5.17. The van der Waals surface area contributed by atoms with Crippen molar-refractivity contribution < 1.29 is 19.7 Å². The fourth-order valence-corrected chi connectivity index (χ4v) is 2.06. The van der Waals surface area contributed by atoms with Crippen LogP contribution in [-0.4, -0.2) is 28.9 Å². The van der Waals surface area contributed by atoms with Crippen LogP contribution in [0.1, 0.15) is 17.5 Å². The van der Waals surface area contributed by atoms with Crippen molar-refractivity contribution in [3.05, 3.63) is 29.3 Å². The number of aliphatic hydroxyl groups is 1. The van der Waals surface area contributed by atoms with Gasteiger partial charge in [0.25, 0.3) is 0 Å². The Morgan fingerprint density at radius 3 is 2.81 bits per heavy atom. The van der Waals surface area contributed by atoms with Crippen molar-refractivity contribution in [1.29, 1.82) is 0 Å². The second-order valence-corrected chi connectivity index (χ2v) is 4.15. The minimum Gasteiger partial charge on any atom is -0.497 e. The monoisotopic (exact) mass is 222 g/mol. The highest BCUT2D eigenvalue weighted by molar-refractivity contribution is 5.78. The number of hydrogen-bond acceptors (Lipinski definition) is 3. The zero-order chi connectivity index (χ0) is 11.8. The van der Waals surface area contributed by atoms with E-state index in [9.17, 15) is 9.90 Å². The summed E-state index contributed by atoms with van der Waals surface area (Å²) < 4.78 is 5.10. The lowest BCUT2D eigenvalue weighted by Crippen LogP contribution is -2.43. The van der Waals surface area contributed by atoms with Crippen LogP contribution in [0.25, 0.3) is 0 Å². The quantitative estimate of drug-likeness (QED) is 0.783. The Kier molecular flexibility index (Phi) is 2.59. The van der Waals surface area contributed by atoms with Gasteiger partial charge in [-0.1, -0.05) is 6.07 Å². The predicted octanol–water partition coefficient (Wildman–Crippen LogP) is 1.000. The molecule has 0 spiro atoms. The first kappa shape index (κ1) is 11.0. The predicted molar refractivity (Wildman–Crippen MR) is 57.6 cm³/mol. The molecule has 0 fully saturated rings. The van der Waals surface area contributed by atoms with Gasteiger partial charge in [0.05, 0.1) is 7.11 Å². The summed E-state index contributed by atoms with van der Waals surface area (Å²) in [6.07, 6.45) is 0.986. The molecule has 1 aromatic rings. The van der Waals surface area contributed by atoms with E-state index < -0.39 is 11.6 Å². The van der Waals surface area contributed by atoms with Crippen LogP contribution < -0.4 is 4.74 Å². The molecular weight excluding hydrogens is 208 g/mol. The summed E-state index contributed by atoms with van der Waals surface area (Å²) in [5.41, 5.74) is 0.337. The lowest BCUT2D eigenvalue weighted by Gasteiger charge is -2.29. The molecule has 1 atom stereocenters. The van der Waals surface area contributed by atoms with Gasteiger partial charge in [-0.05, 0) is 36.1 Å². The van der Waals surface area contributed by atoms with Crippen LogP contribution >= 0.6 is 0 Å². The summed E-state index contributed by atoms with van der Waals surface area (Å²) in [5, 5.41) is 18.8. The van der Waals surface area contributed by atoms with Crippen LogP contribution in [0.2, 0.25) is 0 Å². The average molecular weight is 222 g/mol. The Labute approximate surface area is 93.5 Å². The van der Waals surface area contributed by atoms with E-state index >= 15 is 0 Å². The highest BCUT2D eigenvalue weighted by Crippen LogP contribution is 2.31. The molecule has 1 unspecified atom stereocenters. The fraction of sp³-hybridized carbons (Fsp3) is 0.417. The maximum absolute atomic E-state index is 10.9. The van der Waals surface area contributed by atoms with E-state index in [0.717, 1.165) is 16.9 Å². The zero-order valence-corrected chi connectivity index (χ0v) is 9.06. The number of aryl methyl sites for hydroxylation is 1. The second-order valence-electron chi connectivity index (χ2n) is 4.15. The molecule has 2 rings (SSSR count). The number of carbonyl (C=O) groups is 1. The van der Waals surface area contributed by atoms with Gasteiger partial charge in [-0.15, -0.1) is 0 Å². The Balaban J connectivity index is 2.32. The molecule has 0 saturated carbocycles. The molecule has 4 heteroatoms. The van der Waals surface area contributed by atoms with E-state index in [1.54, 1.807) is 13.2 Å². The minimum atomic E-state index is -1.61. The molecule has 16 heavy (non-hydrogen) atoms. The van der Waals surface area contributed by atoms with Crippen LogP contribution in [0.15, 0.2) is 18.2 Å². The number of rotatable bonds is 2. The number of ether oxygens (including phenoxy) is 1. The smallest absolute Gasteiger partial charge is 0.336 e. The lowest BCUT2D eigenvalue weighted by atomic mass is 9.80. The Morgan fingerprint density at radius 1 is 1.44 bits per heavy atom. The molecule has 0 bridgehead atoms. The summed E-state index contributed by atoms with van der Waals surface area (Å²) in [6, 6.07) is 5.50. The maximum Gasteiger partial charge on any atom is 0.336 e. The van der Waals surface area contributed by atoms with Gasteiger partial charge in [-0.25, -0.2) is 4.79 Å². The van der Waals surface area contributed by atoms with E-state index in [2.05, 4.69) is 0 Å². The largest absolute Gasteiger partial charge is 0.497 e. The van der Waals surface area contributed by atoms with E-state index in [4.69, 9.17) is 9.84 Å². The van der Waals surface area contributed by atoms with Crippen LogP contribution in [0.5, 0.6) is 5.75 Å². The molecule has 1 aliphatic carbocycles. The third-order valence-corrected chi connectivity index (χ3v) is 3.10. The van der Waals surface area contributed by atoms with Crippen LogP contribution in [0, 0.1) is 0 Å². The van der Waals surface area contributed by atoms with Crippen molar-refractivity contribution in [3.8, 4) is 5.75 Å². The molecule has 1 aromatic carbocycles. The summed E-state index contributed by atoms with van der Waals surface area (Å²) in [4.78, 5) is 10.9. The topological polar surface area (TPSA) is 66.8 Å². The normalized spacial score (nSPS) is 23.6. The average Bonchev–Trinajstić information content (AvgIpc) is 2.28. The number of aliphatic carboxylic acids is 1. The molecule has 1 aliphatic rings. The zero-order valence-electron chi connectivity index (χ0n) is 9.06. The van der Waals surface area contributed by atoms with Gasteiger partial charge in [-0.3, -0.25) is 0 Å². The number of carboxylic acids is 1. The third kappa shape index (κ3) is 1.76. The van der Waals surface area contributed by atoms with Gasteiger partial charge >= 0.3 is 5.97 Å². The van der Waals surface area contributed by atoms with Gasteiger partial charge in [-0.2, -0.15) is 0 Å². The SMILES string of the molecule is COc1ccc2c(c1)CCC(O)(C(=O)O)C2. The standard InChI is InChI=1S/C12H14O4/c1-16-10-3-2-9-7-12(15,11(13)14)5-4-8(9)6-10/h2-3,6,15H,4-5,7H2,1H3,(H,13,14). The Hall–Kier alpha value is -1.55. The molecule has 86 valence electrons. The van der Waals surface area contributed by atoms with Crippen molar-refractivity contribution in [2.24, 2.45) is 0 Å². The first-order valence-corrected chi connectivity index (χ1v) is 5.17. The number of benzene rings is 1. The molecule has 0 saturated heterocycles. The van der Waals surface area contributed by atoms with Crippen LogP contribution in [0.4, 0.5) is 0 Å². The van der Waals surface area contributed by atoms with E-state index in [1.165, 1.54) is 0 Å². The molecular formula is C12H14O4. The summed E-state index contributed by atoms with van der Waals surface area (Å²) in [7, 11) is 1.60. The molecule has 2 N–H and O–H groups in total. The van der Waals surface area contributed by atoms with E-state index in [1.807, 2.05) is 12.1 Å². The van der Waals surface area contributed by atoms with Crippen molar-refractivity contribution in [2.75, 3.05) is 7.11 Å². The molecule has 0 aromatic heterocycles. The number of carboxylic acid groups (broad SMARTS) is 1. The Bertz CT molecular complexity index is 427. The number of hydrogen-bond donors (Lipinski definition) is 2. The summed E-state index contributed by atoms with van der Waals surface area (Å²) >= 11 is 0. The van der Waals surface area contributed by atoms with E-state index in [0.29, 0.717) is 6.42 Å². The van der Waals surface area contributed by atoms with Crippen LogP contribution in [0.3, 0.4) is 0 Å². The first-order chi connectivity index (χ1) is 7.55. The molecule has 0 heterocycles. The molecule has 0 amide bonds. The van der Waals surface area contributed by atoms with Gasteiger partial charge in [0, 0.05) is 6.42 Å². The number of fused-ring (bicyclic) bond motifs is 1. The second kappa shape index (κ2) is 3.79. The van der Waals surface area contributed by atoms with Crippen LogP contribution in [-0.2, 0) is 17.6 Å². The summed E-state index contributed by atoms with van der Waals surface area (Å²) in [6.45, 7) is 0. The highest BCUT2D eigenvalue weighted by atomic mass is 16.5. The minimum absolute atomic E-state index is 0.168.